The van der Waals surface area contributed by atoms with Crippen molar-refractivity contribution in [3.8, 4) is 0 Å². The van der Waals surface area contributed by atoms with E-state index in [0.29, 0.717) is 44.1 Å². The third kappa shape index (κ3) is 5.55. The Morgan fingerprint density at radius 2 is 1.90 bits per heavy atom. The number of amides is 1. The molecule has 4 rings (SSSR count). The normalized spacial score (nSPS) is 30.6. The van der Waals surface area contributed by atoms with Crippen molar-refractivity contribution in [3.63, 3.8) is 0 Å². The quantitative estimate of drug-likeness (QED) is 0.758. The lowest BCUT2D eigenvalue weighted by Crippen LogP contribution is -2.55. The Morgan fingerprint density at radius 1 is 1.13 bits per heavy atom. The van der Waals surface area contributed by atoms with E-state index in [0.717, 1.165) is 25.3 Å². The summed E-state index contributed by atoms with van der Waals surface area (Å²) in [4.78, 5) is 14.3. The molecule has 166 valence electrons. The van der Waals surface area contributed by atoms with Gasteiger partial charge in [0.15, 0.2) is 0 Å². The predicted octanol–water partition coefficient (Wildman–Crippen LogP) is 2.13. The van der Waals surface area contributed by atoms with Gasteiger partial charge in [-0.1, -0.05) is 0 Å². The Bertz CT molecular complexity index is 726. The van der Waals surface area contributed by atoms with Crippen LogP contribution in [0.4, 0.5) is 8.78 Å². The number of benzene rings is 1. The second kappa shape index (κ2) is 9.68. The highest BCUT2D eigenvalue weighted by molar-refractivity contribution is 5.76. The van der Waals surface area contributed by atoms with Crippen LogP contribution in [-0.2, 0) is 20.8 Å². The summed E-state index contributed by atoms with van der Waals surface area (Å²) in [5.74, 6) is -1.21. The second-order valence-corrected chi connectivity index (χ2v) is 8.74. The highest BCUT2D eigenvalue weighted by Crippen LogP contribution is 2.29. The molecule has 1 aromatic rings. The molecular formula is C22H30F2N2O4. The molecule has 3 fully saturated rings. The van der Waals surface area contributed by atoms with E-state index in [1.165, 1.54) is 18.6 Å². The van der Waals surface area contributed by atoms with Crippen molar-refractivity contribution in [2.75, 3.05) is 19.8 Å². The lowest BCUT2D eigenvalue weighted by atomic mass is 9.92. The molecule has 2 aliphatic heterocycles. The monoisotopic (exact) mass is 424 g/mol. The molecule has 2 heterocycles. The molecule has 0 spiro atoms. The van der Waals surface area contributed by atoms with E-state index in [2.05, 4.69) is 5.32 Å². The average molecular weight is 424 g/mol. The minimum atomic E-state index is -0.685. The van der Waals surface area contributed by atoms with Crippen molar-refractivity contribution in [3.05, 3.63) is 35.4 Å². The topological polar surface area (TPSA) is 71.0 Å². The van der Waals surface area contributed by atoms with Crippen LogP contribution in [0.1, 0.15) is 44.1 Å². The smallest absolute Gasteiger partial charge is 0.222 e. The maximum Gasteiger partial charge on any atom is 0.222 e. The van der Waals surface area contributed by atoms with Crippen LogP contribution in [0.2, 0.25) is 0 Å². The van der Waals surface area contributed by atoms with Crippen LogP contribution in [-0.4, -0.2) is 66.1 Å². The van der Waals surface area contributed by atoms with Gasteiger partial charge >= 0.3 is 0 Å². The minimum Gasteiger partial charge on any atom is -0.389 e. The van der Waals surface area contributed by atoms with Gasteiger partial charge in [-0.3, -0.25) is 9.69 Å². The predicted molar refractivity (Wildman–Crippen MR) is 106 cm³/mol. The number of hydrogen-bond acceptors (Lipinski definition) is 5. The second-order valence-electron chi connectivity index (χ2n) is 8.74. The molecule has 1 saturated carbocycles. The molecule has 30 heavy (non-hydrogen) atoms. The van der Waals surface area contributed by atoms with Crippen LogP contribution in [0.5, 0.6) is 0 Å². The van der Waals surface area contributed by atoms with Crippen molar-refractivity contribution in [2.45, 2.75) is 75.5 Å². The van der Waals surface area contributed by atoms with Gasteiger partial charge in [0.05, 0.1) is 37.9 Å². The summed E-state index contributed by atoms with van der Waals surface area (Å²) in [6.45, 7) is 1.13. The van der Waals surface area contributed by atoms with E-state index < -0.39 is 17.7 Å². The molecular weight excluding hydrogens is 394 g/mol. The SMILES string of the molecule is O=C(C[C@@H]1CC[C@H]2[C@@H](COC[C@@H](O)CN2Cc2cc(F)cc(F)c2)O1)NC1CCC1. The van der Waals surface area contributed by atoms with Crippen LogP contribution in [0.3, 0.4) is 0 Å². The molecule has 4 atom stereocenters. The summed E-state index contributed by atoms with van der Waals surface area (Å²) in [7, 11) is 0. The third-order valence-corrected chi connectivity index (χ3v) is 6.28. The van der Waals surface area contributed by atoms with E-state index in [4.69, 9.17) is 9.47 Å². The molecule has 6 nitrogen and oxygen atoms in total. The number of β-amino-alcohol motifs (C(OH)–C–C–N with tert-alkyl or cyclic N) is 1. The van der Waals surface area contributed by atoms with Crippen molar-refractivity contribution in [2.24, 2.45) is 0 Å². The summed E-state index contributed by atoms with van der Waals surface area (Å²) >= 11 is 0. The number of nitrogens with zero attached hydrogens (tertiary/aromatic N) is 1. The summed E-state index contributed by atoms with van der Waals surface area (Å²) in [6, 6.07) is 3.74. The van der Waals surface area contributed by atoms with Gasteiger partial charge in [-0.25, -0.2) is 8.78 Å². The molecule has 3 aliphatic rings. The first-order valence-electron chi connectivity index (χ1n) is 10.9. The number of ether oxygens (including phenoxy) is 2. The van der Waals surface area contributed by atoms with Gasteiger partial charge in [-0.15, -0.1) is 0 Å². The van der Waals surface area contributed by atoms with Gasteiger partial charge < -0.3 is 19.9 Å². The first kappa shape index (κ1) is 21.6. The number of fused-ring (bicyclic) bond motifs is 1. The van der Waals surface area contributed by atoms with Gasteiger partial charge in [0.2, 0.25) is 5.91 Å². The zero-order valence-corrected chi connectivity index (χ0v) is 17.1. The van der Waals surface area contributed by atoms with Crippen molar-refractivity contribution in [1.29, 1.82) is 0 Å². The van der Waals surface area contributed by atoms with Crippen LogP contribution in [0.15, 0.2) is 18.2 Å². The summed E-state index contributed by atoms with van der Waals surface area (Å²) < 4.78 is 39.1. The molecule has 2 saturated heterocycles. The van der Waals surface area contributed by atoms with Gasteiger partial charge in [0.25, 0.3) is 0 Å². The highest BCUT2D eigenvalue weighted by atomic mass is 19.1. The Hall–Kier alpha value is -1.61. The molecule has 2 N–H and O–H groups in total. The summed E-state index contributed by atoms with van der Waals surface area (Å²) in [5.41, 5.74) is 0.516. The number of nitrogens with one attached hydrogen (secondary N) is 1. The zero-order chi connectivity index (χ0) is 21.1. The van der Waals surface area contributed by atoms with E-state index >= 15 is 0 Å². The first-order valence-corrected chi connectivity index (χ1v) is 10.9. The third-order valence-electron chi connectivity index (χ3n) is 6.28. The Morgan fingerprint density at radius 3 is 2.60 bits per heavy atom. The summed E-state index contributed by atoms with van der Waals surface area (Å²) in [5, 5.41) is 13.3. The maximum absolute atomic E-state index is 13.6. The van der Waals surface area contributed by atoms with E-state index in [1.54, 1.807) is 0 Å². The number of halogens is 2. The molecule has 0 bridgehead atoms. The van der Waals surface area contributed by atoms with Crippen LogP contribution < -0.4 is 5.32 Å². The van der Waals surface area contributed by atoms with Gasteiger partial charge in [0, 0.05) is 31.2 Å². The van der Waals surface area contributed by atoms with Gasteiger partial charge in [0.1, 0.15) is 11.6 Å². The number of hydrogen-bond donors (Lipinski definition) is 2. The molecule has 0 radical (unpaired) electrons. The Balaban J connectivity index is 1.40. The van der Waals surface area contributed by atoms with Crippen molar-refractivity contribution >= 4 is 5.91 Å². The lowest BCUT2D eigenvalue weighted by molar-refractivity contribution is -0.158. The molecule has 1 aliphatic carbocycles. The van der Waals surface area contributed by atoms with Crippen LogP contribution >= 0.6 is 0 Å². The molecule has 1 aromatic carbocycles. The number of rotatable bonds is 5. The number of carbonyl (C=O) groups excluding carboxylic acids is 1. The maximum atomic E-state index is 13.6. The standard InChI is InChI=1S/C22H30F2N2O4/c23-15-6-14(7-16(24)8-15)10-26-11-18(27)12-29-13-21-20(26)5-4-19(30-21)9-22(28)25-17-2-1-3-17/h6-8,17-21,27H,1-5,9-13H2,(H,25,28)/t18-,19-,20-,21+/m0/s1. The summed E-state index contributed by atoms with van der Waals surface area (Å²) in [6.07, 6.45) is 3.96. The number of carbonyl (C=O) groups is 1. The number of aliphatic hydroxyl groups excluding tert-OH is 1. The zero-order valence-electron chi connectivity index (χ0n) is 17.1. The minimum absolute atomic E-state index is 0.0254. The van der Waals surface area contributed by atoms with E-state index in [9.17, 15) is 18.7 Å². The lowest BCUT2D eigenvalue weighted by Gasteiger charge is -2.44. The Kier molecular flexibility index (Phi) is 6.98. The highest BCUT2D eigenvalue weighted by Gasteiger charge is 2.38. The molecule has 0 aromatic heterocycles. The molecule has 8 heteroatoms. The van der Waals surface area contributed by atoms with Crippen LogP contribution in [0, 0.1) is 11.6 Å². The molecule has 0 unspecified atom stereocenters. The van der Waals surface area contributed by atoms with E-state index in [1.807, 2.05) is 4.90 Å². The fourth-order valence-electron chi connectivity index (χ4n) is 4.61. The Labute approximate surface area is 175 Å². The fraction of sp³-hybridized carbons (Fsp3) is 0.682. The van der Waals surface area contributed by atoms with E-state index in [-0.39, 0.29) is 30.8 Å². The first-order chi connectivity index (χ1) is 14.5. The average Bonchev–Trinajstić information content (AvgIpc) is 2.62. The largest absolute Gasteiger partial charge is 0.389 e. The fourth-order valence-corrected chi connectivity index (χ4v) is 4.61. The molecule has 1 amide bonds. The number of aliphatic hydroxyl groups is 1. The van der Waals surface area contributed by atoms with Gasteiger partial charge in [-0.05, 0) is 49.8 Å². The van der Waals surface area contributed by atoms with Crippen molar-refractivity contribution < 1.29 is 28.2 Å². The van der Waals surface area contributed by atoms with Gasteiger partial charge in [-0.2, -0.15) is 0 Å². The van der Waals surface area contributed by atoms with Crippen molar-refractivity contribution in [1.82, 2.24) is 10.2 Å². The van der Waals surface area contributed by atoms with Crippen LogP contribution in [0.25, 0.3) is 0 Å².